The van der Waals surface area contributed by atoms with Crippen molar-refractivity contribution in [3.05, 3.63) is 65.6 Å². The Bertz CT molecular complexity index is 1140. The molecule has 0 unspecified atom stereocenters. The first-order valence-corrected chi connectivity index (χ1v) is 9.71. The largest absolute Gasteiger partial charge is 0.433 e. The van der Waals surface area contributed by atoms with Crippen molar-refractivity contribution in [1.82, 2.24) is 19.9 Å². The highest BCUT2D eigenvalue weighted by atomic mass is 19.4. The molecule has 0 spiro atoms. The summed E-state index contributed by atoms with van der Waals surface area (Å²) < 4.78 is 58.8. The van der Waals surface area contributed by atoms with Gasteiger partial charge in [-0.1, -0.05) is 18.2 Å². The highest BCUT2D eigenvalue weighted by Crippen LogP contribution is 2.29. The molecule has 0 radical (unpaired) electrons. The normalized spacial score (nSPS) is 15.6. The minimum atomic E-state index is -4.61. The Balaban J connectivity index is 1.74. The number of allylic oxidation sites excluding steroid dienone is 1. The van der Waals surface area contributed by atoms with Crippen molar-refractivity contribution in [3.63, 3.8) is 0 Å². The molecule has 0 aliphatic carbocycles. The number of pyridine rings is 1. The molecule has 0 saturated carbocycles. The predicted octanol–water partition coefficient (Wildman–Crippen LogP) is 4.38. The molecule has 11 heteroatoms. The van der Waals surface area contributed by atoms with Gasteiger partial charge in [0.1, 0.15) is 17.2 Å². The third-order valence-corrected chi connectivity index (χ3v) is 4.38. The Hall–Kier alpha value is -3.60. The molecule has 2 N–H and O–H groups in total. The van der Waals surface area contributed by atoms with Crippen LogP contribution in [-0.2, 0) is 17.3 Å². The number of anilines is 3. The van der Waals surface area contributed by atoms with Crippen LogP contribution in [0, 0.1) is 5.82 Å². The molecule has 166 valence electrons. The van der Waals surface area contributed by atoms with Gasteiger partial charge < -0.3 is 15.4 Å². The molecular formula is C21H18F4N6O. The number of hydrogen-bond acceptors (Lipinski definition) is 7. The van der Waals surface area contributed by atoms with Gasteiger partial charge in [0, 0.05) is 12.2 Å². The van der Waals surface area contributed by atoms with Crippen molar-refractivity contribution in [1.29, 1.82) is 0 Å². The van der Waals surface area contributed by atoms with Gasteiger partial charge >= 0.3 is 6.18 Å². The summed E-state index contributed by atoms with van der Waals surface area (Å²) in [6.45, 7) is 1.08. The summed E-state index contributed by atoms with van der Waals surface area (Å²) in [5.74, 6) is -0.382. The maximum Gasteiger partial charge on any atom is 0.433 e. The maximum absolute atomic E-state index is 14.1. The van der Waals surface area contributed by atoms with Crippen molar-refractivity contribution in [2.45, 2.75) is 12.6 Å². The van der Waals surface area contributed by atoms with Crippen LogP contribution in [0.2, 0.25) is 0 Å². The summed E-state index contributed by atoms with van der Waals surface area (Å²) in [6.07, 6.45) is -0.398. The molecule has 3 aromatic rings. The molecule has 1 aliphatic heterocycles. The van der Waals surface area contributed by atoms with Crippen LogP contribution < -0.4 is 10.6 Å². The van der Waals surface area contributed by atoms with E-state index >= 15 is 0 Å². The number of fused-ring (bicyclic) bond motifs is 4. The molecule has 32 heavy (non-hydrogen) atoms. The number of aromatic nitrogens is 4. The van der Waals surface area contributed by atoms with Crippen LogP contribution in [0.4, 0.5) is 35.1 Å². The van der Waals surface area contributed by atoms with E-state index in [1.165, 1.54) is 24.3 Å². The topological polar surface area (TPSA) is 84.9 Å². The van der Waals surface area contributed by atoms with Crippen LogP contribution >= 0.6 is 0 Å². The lowest BCUT2D eigenvalue weighted by atomic mass is 10.1. The fourth-order valence-corrected chi connectivity index (χ4v) is 2.99. The van der Waals surface area contributed by atoms with E-state index in [0.717, 1.165) is 6.07 Å². The molecule has 0 saturated heterocycles. The van der Waals surface area contributed by atoms with Crippen molar-refractivity contribution in [3.8, 4) is 11.5 Å². The number of halogens is 4. The van der Waals surface area contributed by atoms with Gasteiger partial charge in [0.25, 0.3) is 0 Å². The Kier molecular flexibility index (Phi) is 6.26. The van der Waals surface area contributed by atoms with Gasteiger partial charge in [0.15, 0.2) is 5.82 Å². The average Bonchev–Trinajstić information content (AvgIpc) is 2.74. The summed E-state index contributed by atoms with van der Waals surface area (Å²) in [6, 6.07) is 7.87. The number of benzene rings is 1. The van der Waals surface area contributed by atoms with Crippen molar-refractivity contribution >= 4 is 17.6 Å². The molecule has 2 aromatic heterocycles. The second kappa shape index (κ2) is 9.27. The van der Waals surface area contributed by atoms with E-state index in [4.69, 9.17) is 4.74 Å². The smallest absolute Gasteiger partial charge is 0.376 e. The number of nitrogens with one attached hydrogen (secondary N) is 2. The quantitative estimate of drug-likeness (QED) is 0.424. The third-order valence-electron chi connectivity index (χ3n) is 4.38. The summed E-state index contributed by atoms with van der Waals surface area (Å²) >= 11 is 0. The lowest BCUT2D eigenvalue weighted by molar-refractivity contribution is -0.141. The fourth-order valence-electron chi connectivity index (χ4n) is 2.99. The highest BCUT2D eigenvalue weighted by Gasteiger charge is 2.32. The van der Waals surface area contributed by atoms with Crippen LogP contribution in [0.15, 0.2) is 48.6 Å². The minimum Gasteiger partial charge on any atom is -0.376 e. The zero-order valence-corrected chi connectivity index (χ0v) is 16.7. The van der Waals surface area contributed by atoms with Crippen molar-refractivity contribution in [2.75, 3.05) is 30.4 Å². The second-order valence-electron chi connectivity index (χ2n) is 6.86. The van der Waals surface area contributed by atoms with Crippen LogP contribution in [0.25, 0.3) is 11.5 Å². The first kappa shape index (κ1) is 21.6. The SMILES string of the molecule is Fc1cc2cc(c1)Nc1nc(nc(-c3cccc(C(F)(F)F)n3)n1)NCCOC/C=C\C2. The summed E-state index contributed by atoms with van der Waals surface area (Å²) in [5.41, 5.74) is -0.0365. The molecule has 1 aliphatic rings. The Morgan fingerprint density at radius 3 is 2.62 bits per heavy atom. The number of hydrogen-bond donors (Lipinski definition) is 2. The van der Waals surface area contributed by atoms with Crippen LogP contribution in [0.1, 0.15) is 11.3 Å². The van der Waals surface area contributed by atoms with Crippen molar-refractivity contribution in [2.24, 2.45) is 0 Å². The third kappa shape index (κ3) is 5.55. The molecule has 0 fully saturated rings. The Morgan fingerprint density at radius 1 is 0.938 bits per heavy atom. The number of rotatable bonds is 1. The summed E-state index contributed by atoms with van der Waals surface area (Å²) in [7, 11) is 0. The predicted molar refractivity (Wildman–Crippen MR) is 110 cm³/mol. The molecule has 3 heterocycles. The zero-order chi connectivity index (χ0) is 22.6. The first-order valence-electron chi connectivity index (χ1n) is 9.71. The summed E-state index contributed by atoms with van der Waals surface area (Å²) in [4.78, 5) is 16.3. The fraction of sp³-hybridized carbons (Fsp3) is 0.238. The molecule has 4 rings (SSSR count). The van der Waals surface area contributed by atoms with Gasteiger partial charge in [-0.05, 0) is 42.3 Å². The first-order chi connectivity index (χ1) is 15.4. The van der Waals surface area contributed by atoms with Gasteiger partial charge in [0.2, 0.25) is 11.9 Å². The van der Waals surface area contributed by atoms with E-state index in [0.29, 0.717) is 37.4 Å². The van der Waals surface area contributed by atoms with Gasteiger partial charge in [0.05, 0.1) is 13.2 Å². The lowest BCUT2D eigenvalue weighted by Gasteiger charge is -2.12. The monoisotopic (exact) mass is 446 g/mol. The lowest BCUT2D eigenvalue weighted by Crippen LogP contribution is -2.14. The number of alkyl halides is 3. The Labute approximate surface area is 180 Å². The van der Waals surface area contributed by atoms with E-state index in [9.17, 15) is 17.6 Å². The standard InChI is InChI=1S/C21H18F4N6O/c22-14-10-13-4-1-2-8-32-9-7-26-19-29-18(30-20(31-19)27-15(11-13)12-14)16-5-3-6-17(28-16)21(23,24)25/h1-3,5-6,10-12H,4,7-9H2,(H2,26,27,29,30,31)/b2-1-. The number of ether oxygens (including phenoxy) is 1. The molecule has 0 amide bonds. The van der Waals surface area contributed by atoms with Gasteiger partial charge in [-0.25, -0.2) is 9.37 Å². The van der Waals surface area contributed by atoms with Gasteiger partial charge in [-0.3, -0.25) is 0 Å². The molecule has 0 atom stereocenters. The minimum absolute atomic E-state index is 0.0274. The summed E-state index contributed by atoms with van der Waals surface area (Å²) in [5, 5.41) is 5.85. The maximum atomic E-state index is 14.1. The van der Waals surface area contributed by atoms with E-state index in [-0.39, 0.29) is 23.4 Å². The molecule has 4 bridgehead atoms. The Morgan fingerprint density at radius 2 is 1.78 bits per heavy atom. The van der Waals surface area contributed by atoms with Crippen LogP contribution in [0.3, 0.4) is 0 Å². The number of nitrogens with zero attached hydrogens (tertiary/aromatic N) is 4. The van der Waals surface area contributed by atoms with Gasteiger partial charge in [-0.2, -0.15) is 28.1 Å². The highest BCUT2D eigenvalue weighted by molar-refractivity contribution is 5.59. The second-order valence-corrected chi connectivity index (χ2v) is 6.86. The van der Waals surface area contributed by atoms with E-state index in [2.05, 4.69) is 30.6 Å². The molecular weight excluding hydrogens is 428 g/mol. The van der Waals surface area contributed by atoms with Gasteiger partial charge in [-0.15, -0.1) is 0 Å². The van der Waals surface area contributed by atoms with E-state index in [1.54, 1.807) is 6.07 Å². The van der Waals surface area contributed by atoms with Crippen LogP contribution in [-0.4, -0.2) is 39.7 Å². The van der Waals surface area contributed by atoms with E-state index in [1.807, 2.05) is 12.2 Å². The zero-order valence-electron chi connectivity index (χ0n) is 16.7. The van der Waals surface area contributed by atoms with Crippen LogP contribution in [0.5, 0.6) is 0 Å². The average molecular weight is 446 g/mol. The van der Waals surface area contributed by atoms with E-state index < -0.39 is 17.7 Å². The molecule has 1 aromatic carbocycles. The van der Waals surface area contributed by atoms with Crippen molar-refractivity contribution < 1.29 is 22.3 Å². The molecule has 7 nitrogen and oxygen atoms in total.